The lowest BCUT2D eigenvalue weighted by Gasteiger charge is -2.14. The van der Waals surface area contributed by atoms with Gasteiger partial charge in [-0.05, 0) is 48.9 Å². The van der Waals surface area contributed by atoms with Crippen LogP contribution in [0.25, 0.3) is 10.1 Å². The van der Waals surface area contributed by atoms with Crippen molar-refractivity contribution in [3.8, 4) is 0 Å². The van der Waals surface area contributed by atoms with Crippen molar-refractivity contribution in [2.75, 3.05) is 0 Å². The van der Waals surface area contributed by atoms with Gasteiger partial charge in [-0.15, -0.1) is 21.5 Å². The predicted molar refractivity (Wildman–Crippen MR) is 90.7 cm³/mol. The van der Waals surface area contributed by atoms with Crippen LogP contribution < -0.4 is 5.32 Å². The van der Waals surface area contributed by atoms with Gasteiger partial charge in [0.25, 0.3) is 5.91 Å². The molecule has 7 heteroatoms. The number of hydrogen-bond donors (Lipinski definition) is 1. The Hall–Kier alpha value is -2.28. The molecule has 0 radical (unpaired) electrons. The second-order valence-electron chi connectivity index (χ2n) is 6.02. The number of benzene rings is 1. The monoisotopic (exact) mass is 344 g/mol. The minimum atomic E-state index is -0.287. The Balaban J connectivity index is 1.54. The third kappa shape index (κ3) is 2.58. The highest BCUT2D eigenvalue weighted by Gasteiger charge is 2.19. The van der Waals surface area contributed by atoms with E-state index in [4.69, 9.17) is 0 Å². The summed E-state index contributed by atoms with van der Waals surface area (Å²) >= 11 is 1.39. The van der Waals surface area contributed by atoms with Crippen LogP contribution in [0.3, 0.4) is 0 Å². The second-order valence-corrected chi connectivity index (χ2v) is 7.07. The van der Waals surface area contributed by atoms with Crippen molar-refractivity contribution in [1.29, 1.82) is 0 Å². The molecule has 124 valence electrons. The van der Waals surface area contributed by atoms with Crippen molar-refractivity contribution >= 4 is 27.3 Å². The van der Waals surface area contributed by atoms with E-state index >= 15 is 0 Å². The van der Waals surface area contributed by atoms with E-state index in [-0.39, 0.29) is 11.7 Å². The minimum Gasteiger partial charge on any atom is -0.344 e. The molecule has 1 aliphatic heterocycles. The van der Waals surface area contributed by atoms with Gasteiger partial charge < -0.3 is 9.88 Å². The molecule has 1 N–H and O–H groups in total. The van der Waals surface area contributed by atoms with E-state index in [9.17, 15) is 9.18 Å². The third-order valence-electron chi connectivity index (χ3n) is 4.45. The van der Waals surface area contributed by atoms with Gasteiger partial charge in [-0.25, -0.2) is 4.39 Å². The van der Waals surface area contributed by atoms with E-state index in [0.29, 0.717) is 11.4 Å². The lowest BCUT2D eigenvalue weighted by atomic mass is 10.1. The molecule has 3 heterocycles. The van der Waals surface area contributed by atoms with Crippen molar-refractivity contribution in [2.45, 2.75) is 39.3 Å². The topological polar surface area (TPSA) is 59.8 Å². The lowest BCUT2D eigenvalue weighted by molar-refractivity contribution is 0.0953. The predicted octanol–water partition coefficient (Wildman–Crippen LogP) is 3.21. The van der Waals surface area contributed by atoms with Crippen molar-refractivity contribution in [3.05, 3.63) is 46.1 Å². The third-order valence-corrected chi connectivity index (χ3v) is 5.72. The van der Waals surface area contributed by atoms with E-state index in [1.165, 1.54) is 23.5 Å². The number of aromatic nitrogens is 3. The molecule has 1 amide bonds. The van der Waals surface area contributed by atoms with Gasteiger partial charge >= 0.3 is 0 Å². The summed E-state index contributed by atoms with van der Waals surface area (Å²) in [4.78, 5) is 13.2. The van der Waals surface area contributed by atoms with Gasteiger partial charge in [0.05, 0.1) is 11.4 Å². The summed E-state index contributed by atoms with van der Waals surface area (Å²) in [7, 11) is 0. The molecule has 0 saturated carbocycles. The van der Waals surface area contributed by atoms with Crippen LogP contribution in [0.4, 0.5) is 4.39 Å². The first-order valence-corrected chi connectivity index (χ1v) is 8.83. The number of amides is 1. The normalized spacial score (nSPS) is 13.9. The first-order chi connectivity index (χ1) is 11.6. The maximum Gasteiger partial charge on any atom is 0.262 e. The summed E-state index contributed by atoms with van der Waals surface area (Å²) in [6.07, 6.45) is 3.21. The summed E-state index contributed by atoms with van der Waals surface area (Å²) in [5.74, 6) is 1.36. The first-order valence-electron chi connectivity index (χ1n) is 8.01. The number of nitrogens with zero attached hydrogens (tertiary/aromatic N) is 3. The van der Waals surface area contributed by atoms with Crippen LogP contribution >= 0.6 is 11.3 Å². The molecule has 5 nitrogen and oxygen atoms in total. The quantitative estimate of drug-likeness (QED) is 0.794. The molecular weight excluding hydrogens is 327 g/mol. The van der Waals surface area contributed by atoms with E-state index in [1.54, 1.807) is 6.07 Å². The van der Waals surface area contributed by atoms with Gasteiger partial charge in [0.2, 0.25) is 0 Å². The summed E-state index contributed by atoms with van der Waals surface area (Å²) in [6.45, 7) is 3.12. The molecule has 2 aromatic heterocycles. The molecule has 1 aliphatic rings. The van der Waals surface area contributed by atoms with Gasteiger partial charge in [0, 0.05) is 17.7 Å². The molecule has 0 spiro atoms. The number of aryl methyl sites for hydroxylation is 2. The van der Waals surface area contributed by atoms with Crippen molar-refractivity contribution < 1.29 is 9.18 Å². The Morgan fingerprint density at radius 2 is 2.25 bits per heavy atom. The van der Waals surface area contributed by atoms with Crippen LogP contribution in [-0.4, -0.2) is 20.7 Å². The minimum absolute atomic E-state index is 0.151. The van der Waals surface area contributed by atoms with E-state index in [0.717, 1.165) is 53.1 Å². The molecule has 0 unspecified atom stereocenters. The Morgan fingerprint density at radius 3 is 3.12 bits per heavy atom. The molecule has 0 fully saturated rings. The average molecular weight is 344 g/mol. The first kappa shape index (κ1) is 15.3. The number of nitrogens with one attached hydrogen (secondary N) is 1. The van der Waals surface area contributed by atoms with Gasteiger partial charge in [-0.3, -0.25) is 4.79 Å². The molecular formula is C17H17FN4OS. The molecule has 24 heavy (non-hydrogen) atoms. The Morgan fingerprint density at radius 1 is 1.38 bits per heavy atom. The Kier molecular flexibility index (Phi) is 3.80. The van der Waals surface area contributed by atoms with Gasteiger partial charge in [0.1, 0.15) is 11.6 Å². The van der Waals surface area contributed by atoms with E-state index in [1.807, 2.05) is 6.92 Å². The number of hydrogen-bond acceptors (Lipinski definition) is 4. The highest BCUT2D eigenvalue weighted by Crippen LogP contribution is 2.31. The molecule has 0 bridgehead atoms. The average Bonchev–Trinajstić information content (AvgIpc) is 3.14. The fourth-order valence-electron chi connectivity index (χ4n) is 3.15. The fourth-order valence-corrected chi connectivity index (χ4v) is 4.25. The maximum absolute atomic E-state index is 13.4. The van der Waals surface area contributed by atoms with E-state index in [2.05, 4.69) is 20.1 Å². The highest BCUT2D eigenvalue weighted by atomic mass is 32.1. The smallest absolute Gasteiger partial charge is 0.262 e. The number of halogens is 1. The second kappa shape index (κ2) is 5.98. The number of carbonyl (C=O) groups excluding carboxylic acids is 1. The zero-order valence-corrected chi connectivity index (χ0v) is 14.1. The zero-order chi connectivity index (χ0) is 16.7. The summed E-state index contributed by atoms with van der Waals surface area (Å²) in [6, 6.07) is 4.61. The Bertz CT molecular complexity index is 930. The van der Waals surface area contributed by atoms with Crippen LogP contribution in [0, 0.1) is 12.7 Å². The van der Waals surface area contributed by atoms with Crippen LogP contribution in [-0.2, 0) is 19.5 Å². The van der Waals surface area contributed by atoms with Crippen LogP contribution in [0.5, 0.6) is 0 Å². The molecule has 0 atom stereocenters. The summed E-state index contributed by atoms with van der Waals surface area (Å²) in [5.41, 5.74) is 0.815. The summed E-state index contributed by atoms with van der Waals surface area (Å²) in [5, 5.41) is 12.1. The number of rotatable bonds is 3. The zero-order valence-electron chi connectivity index (χ0n) is 13.3. The molecule has 0 saturated heterocycles. The van der Waals surface area contributed by atoms with Gasteiger partial charge in [0.15, 0.2) is 5.82 Å². The van der Waals surface area contributed by atoms with Crippen LogP contribution in [0.1, 0.15) is 39.7 Å². The van der Waals surface area contributed by atoms with Crippen LogP contribution in [0.15, 0.2) is 18.2 Å². The standard InChI is InChI=1S/C17H17FN4OS/c1-10-12-8-11(18)5-6-13(12)24-16(10)17(23)19-9-15-21-20-14-4-2-3-7-22(14)15/h5-6,8H,2-4,7,9H2,1H3,(H,19,23). The SMILES string of the molecule is Cc1c(C(=O)NCc2nnc3n2CCCC3)sc2ccc(F)cc12. The fraction of sp³-hybridized carbons (Fsp3) is 0.353. The van der Waals surface area contributed by atoms with Crippen molar-refractivity contribution in [3.63, 3.8) is 0 Å². The van der Waals surface area contributed by atoms with Crippen molar-refractivity contribution in [2.24, 2.45) is 0 Å². The molecule has 4 rings (SSSR count). The van der Waals surface area contributed by atoms with Crippen LogP contribution in [0.2, 0.25) is 0 Å². The molecule has 1 aromatic carbocycles. The van der Waals surface area contributed by atoms with Gasteiger partial charge in [-0.2, -0.15) is 0 Å². The van der Waals surface area contributed by atoms with Crippen molar-refractivity contribution in [1.82, 2.24) is 20.1 Å². The number of fused-ring (bicyclic) bond motifs is 2. The number of carbonyl (C=O) groups is 1. The molecule has 0 aliphatic carbocycles. The largest absolute Gasteiger partial charge is 0.344 e. The number of thiophene rings is 1. The summed E-state index contributed by atoms with van der Waals surface area (Å²) < 4.78 is 16.4. The molecule has 3 aromatic rings. The maximum atomic E-state index is 13.4. The highest BCUT2D eigenvalue weighted by molar-refractivity contribution is 7.21. The van der Waals surface area contributed by atoms with Gasteiger partial charge in [-0.1, -0.05) is 0 Å². The van der Waals surface area contributed by atoms with E-state index < -0.39 is 0 Å². The lowest BCUT2D eigenvalue weighted by Crippen LogP contribution is -2.25. The Labute approximate surface area is 142 Å².